The fraction of sp³-hybridized carbons (Fsp3) is 0.500. The van der Waals surface area contributed by atoms with Crippen LogP contribution in [0.15, 0.2) is 24.5 Å². The second-order valence-corrected chi connectivity index (χ2v) is 5.38. The van der Waals surface area contributed by atoms with Gasteiger partial charge < -0.3 is 10.6 Å². The topological polar surface area (TPSA) is 76.1 Å². The first kappa shape index (κ1) is 14.0. The summed E-state index contributed by atoms with van der Waals surface area (Å²) in [5, 5.41) is 8.11. The highest BCUT2D eigenvalue weighted by Gasteiger charge is 2.18. The first-order valence-electron chi connectivity index (χ1n) is 7.22. The molecular weight excluding hydrogens is 266 g/mol. The van der Waals surface area contributed by atoms with Crippen LogP contribution in [0.5, 0.6) is 0 Å². The Hall–Kier alpha value is -1.99. The molecule has 0 saturated carbocycles. The molecule has 0 atom stereocenters. The minimum absolute atomic E-state index is 0.541. The van der Waals surface area contributed by atoms with Gasteiger partial charge >= 0.3 is 0 Å². The van der Waals surface area contributed by atoms with E-state index in [-0.39, 0.29) is 0 Å². The third-order valence-corrected chi connectivity index (χ3v) is 3.78. The molecule has 0 unspecified atom stereocenters. The number of hydrogen-bond acceptors (Lipinski definition) is 6. The van der Waals surface area contributed by atoms with Gasteiger partial charge in [-0.2, -0.15) is 0 Å². The van der Waals surface area contributed by atoms with Crippen molar-refractivity contribution >= 4 is 5.82 Å². The van der Waals surface area contributed by atoms with Gasteiger partial charge in [0.1, 0.15) is 5.82 Å². The standard InChI is InChI=1S/C14H21N7/c1-19-10-13(17-18-19)11-20-4-6-21(7-5-20)14-3-2-12(8-15)9-16-14/h2-3,9-10H,4-8,11,15H2,1H3. The molecule has 7 nitrogen and oxygen atoms in total. The van der Waals surface area contributed by atoms with Crippen molar-refractivity contribution in [2.45, 2.75) is 13.1 Å². The number of nitrogens with two attached hydrogens (primary N) is 1. The summed E-state index contributed by atoms with van der Waals surface area (Å²) >= 11 is 0. The van der Waals surface area contributed by atoms with Gasteiger partial charge in [0.2, 0.25) is 0 Å². The van der Waals surface area contributed by atoms with E-state index in [2.05, 4.69) is 31.2 Å². The van der Waals surface area contributed by atoms with Gasteiger partial charge in [-0.05, 0) is 11.6 Å². The summed E-state index contributed by atoms with van der Waals surface area (Å²) < 4.78 is 1.74. The van der Waals surface area contributed by atoms with Crippen LogP contribution in [0, 0.1) is 0 Å². The average Bonchev–Trinajstić information content (AvgIpc) is 2.93. The van der Waals surface area contributed by atoms with Gasteiger partial charge in [-0.15, -0.1) is 5.10 Å². The molecule has 3 heterocycles. The van der Waals surface area contributed by atoms with Gasteiger partial charge in [-0.3, -0.25) is 9.58 Å². The molecule has 2 aromatic heterocycles. The number of pyridine rings is 1. The van der Waals surface area contributed by atoms with Crippen LogP contribution in [0.1, 0.15) is 11.3 Å². The summed E-state index contributed by atoms with van der Waals surface area (Å²) in [6.07, 6.45) is 3.83. The van der Waals surface area contributed by atoms with Crippen LogP contribution in [-0.2, 0) is 20.1 Å². The molecular formula is C14H21N7. The molecule has 3 rings (SSSR count). The maximum atomic E-state index is 5.60. The van der Waals surface area contributed by atoms with Gasteiger partial charge in [0.05, 0.1) is 5.69 Å². The second-order valence-electron chi connectivity index (χ2n) is 5.38. The lowest BCUT2D eigenvalue weighted by molar-refractivity contribution is 0.246. The molecule has 1 aliphatic heterocycles. The Morgan fingerprint density at radius 3 is 2.57 bits per heavy atom. The fourth-order valence-electron chi connectivity index (χ4n) is 2.56. The van der Waals surface area contributed by atoms with Crippen LogP contribution in [0.2, 0.25) is 0 Å². The Kier molecular flexibility index (Phi) is 4.12. The van der Waals surface area contributed by atoms with Crippen LogP contribution in [0.4, 0.5) is 5.82 Å². The van der Waals surface area contributed by atoms with E-state index >= 15 is 0 Å². The van der Waals surface area contributed by atoms with Crippen molar-refractivity contribution in [3.8, 4) is 0 Å². The van der Waals surface area contributed by atoms with Crippen molar-refractivity contribution in [1.82, 2.24) is 24.9 Å². The zero-order valence-corrected chi connectivity index (χ0v) is 12.3. The maximum absolute atomic E-state index is 5.60. The van der Waals surface area contributed by atoms with Crippen molar-refractivity contribution in [3.63, 3.8) is 0 Å². The lowest BCUT2D eigenvalue weighted by atomic mass is 10.2. The summed E-state index contributed by atoms with van der Waals surface area (Å²) in [6, 6.07) is 4.11. The van der Waals surface area contributed by atoms with E-state index in [1.807, 2.05) is 25.5 Å². The molecule has 7 heteroatoms. The lowest BCUT2D eigenvalue weighted by Crippen LogP contribution is -2.46. The Balaban J connectivity index is 1.54. The first-order valence-corrected chi connectivity index (χ1v) is 7.22. The number of aromatic nitrogens is 4. The normalized spacial score (nSPS) is 16.4. The lowest BCUT2D eigenvalue weighted by Gasteiger charge is -2.35. The summed E-state index contributed by atoms with van der Waals surface area (Å²) in [5.41, 5.74) is 7.69. The molecule has 1 saturated heterocycles. The molecule has 1 aliphatic rings. The molecule has 0 spiro atoms. The zero-order valence-electron chi connectivity index (χ0n) is 12.3. The molecule has 0 amide bonds. The van der Waals surface area contributed by atoms with Crippen molar-refractivity contribution in [1.29, 1.82) is 0 Å². The fourth-order valence-corrected chi connectivity index (χ4v) is 2.56. The molecule has 0 aliphatic carbocycles. The summed E-state index contributed by atoms with van der Waals surface area (Å²) in [4.78, 5) is 9.20. The summed E-state index contributed by atoms with van der Waals surface area (Å²) in [6.45, 7) is 5.39. The van der Waals surface area contributed by atoms with Gasteiger partial charge in [0, 0.05) is 58.7 Å². The average molecular weight is 287 g/mol. The number of aryl methyl sites for hydroxylation is 1. The van der Waals surface area contributed by atoms with E-state index < -0.39 is 0 Å². The highest BCUT2D eigenvalue weighted by Crippen LogP contribution is 2.14. The number of nitrogens with zero attached hydrogens (tertiary/aromatic N) is 6. The van der Waals surface area contributed by atoms with Crippen LogP contribution < -0.4 is 10.6 Å². The Morgan fingerprint density at radius 1 is 1.19 bits per heavy atom. The zero-order chi connectivity index (χ0) is 14.7. The highest BCUT2D eigenvalue weighted by molar-refractivity contribution is 5.39. The molecule has 21 heavy (non-hydrogen) atoms. The Labute approximate surface area is 124 Å². The highest BCUT2D eigenvalue weighted by atomic mass is 15.4. The minimum atomic E-state index is 0.541. The van der Waals surface area contributed by atoms with Crippen LogP contribution >= 0.6 is 0 Å². The molecule has 0 bridgehead atoms. The monoisotopic (exact) mass is 287 g/mol. The Bertz CT molecular complexity index is 569. The third-order valence-electron chi connectivity index (χ3n) is 3.78. The quantitative estimate of drug-likeness (QED) is 0.852. The van der Waals surface area contributed by atoms with Gasteiger partial charge in [0.15, 0.2) is 0 Å². The van der Waals surface area contributed by atoms with Gasteiger partial charge in [-0.1, -0.05) is 11.3 Å². The predicted octanol–water partition coefficient (Wildman–Crippen LogP) is -0.00900. The van der Waals surface area contributed by atoms with E-state index in [0.717, 1.165) is 49.8 Å². The first-order chi connectivity index (χ1) is 10.2. The van der Waals surface area contributed by atoms with E-state index in [4.69, 9.17) is 5.73 Å². The number of anilines is 1. The van der Waals surface area contributed by atoms with Crippen molar-refractivity contribution < 1.29 is 0 Å². The molecule has 2 aromatic rings. The smallest absolute Gasteiger partial charge is 0.128 e. The maximum Gasteiger partial charge on any atom is 0.128 e. The van der Waals surface area contributed by atoms with Crippen LogP contribution in [0.3, 0.4) is 0 Å². The number of piperazine rings is 1. The van der Waals surface area contributed by atoms with Crippen molar-refractivity contribution in [2.75, 3.05) is 31.1 Å². The van der Waals surface area contributed by atoms with Crippen molar-refractivity contribution in [2.24, 2.45) is 12.8 Å². The van der Waals surface area contributed by atoms with Crippen LogP contribution in [-0.4, -0.2) is 51.1 Å². The summed E-state index contributed by atoms with van der Waals surface area (Å²) in [7, 11) is 1.89. The predicted molar refractivity (Wildman–Crippen MR) is 80.6 cm³/mol. The molecule has 2 N–H and O–H groups in total. The van der Waals surface area contributed by atoms with Gasteiger partial charge in [-0.25, -0.2) is 4.98 Å². The number of rotatable bonds is 4. The van der Waals surface area contributed by atoms with E-state index in [0.29, 0.717) is 6.54 Å². The SMILES string of the molecule is Cn1cc(CN2CCN(c3ccc(CN)cn3)CC2)nn1. The van der Waals surface area contributed by atoms with E-state index in [1.165, 1.54) is 0 Å². The van der Waals surface area contributed by atoms with Crippen LogP contribution in [0.25, 0.3) is 0 Å². The third kappa shape index (κ3) is 3.37. The molecule has 0 radical (unpaired) electrons. The largest absolute Gasteiger partial charge is 0.354 e. The Morgan fingerprint density at radius 2 is 2.00 bits per heavy atom. The molecule has 0 aromatic carbocycles. The van der Waals surface area contributed by atoms with E-state index in [9.17, 15) is 0 Å². The van der Waals surface area contributed by atoms with Gasteiger partial charge in [0.25, 0.3) is 0 Å². The number of hydrogen-bond donors (Lipinski definition) is 1. The van der Waals surface area contributed by atoms with E-state index in [1.54, 1.807) is 4.68 Å². The second kappa shape index (κ2) is 6.19. The minimum Gasteiger partial charge on any atom is -0.354 e. The molecule has 1 fully saturated rings. The van der Waals surface area contributed by atoms with Crippen molar-refractivity contribution in [3.05, 3.63) is 35.8 Å². The summed E-state index contributed by atoms with van der Waals surface area (Å²) in [5.74, 6) is 1.03. The molecule has 112 valence electrons.